The Hall–Kier alpha value is -3.70. The molecule has 3 aromatic carbocycles. The third-order valence-electron chi connectivity index (χ3n) is 4.54. The molecular weight excluding hydrogens is 388 g/mol. The van der Waals surface area contributed by atoms with Crippen LogP contribution < -0.4 is 4.90 Å². The van der Waals surface area contributed by atoms with Gasteiger partial charge in [0.15, 0.2) is 0 Å². The second-order valence-corrected chi connectivity index (χ2v) is 6.90. The SMILES string of the molecule is O=C1/C(=C/c2ccccc2)C=C(c2ccc(Cl)cc2)N1c1cccc([N+](=O)[O-])c1. The van der Waals surface area contributed by atoms with Crippen LogP contribution in [0.1, 0.15) is 11.1 Å². The maximum Gasteiger partial charge on any atom is 0.271 e. The number of nitrogens with zero attached hydrogens (tertiary/aromatic N) is 2. The van der Waals surface area contributed by atoms with Gasteiger partial charge in [-0.25, -0.2) is 0 Å². The molecule has 6 heteroatoms. The lowest BCUT2D eigenvalue weighted by Gasteiger charge is -2.20. The summed E-state index contributed by atoms with van der Waals surface area (Å²) < 4.78 is 0. The van der Waals surface area contributed by atoms with Crippen molar-refractivity contribution < 1.29 is 9.72 Å². The van der Waals surface area contributed by atoms with Crippen molar-refractivity contribution in [2.24, 2.45) is 0 Å². The highest BCUT2D eigenvalue weighted by molar-refractivity contribution is 6.30. The van der Waals surface area contributed by atoms with Gasteiger partial charge in [0.1, 0.15) is 0 Å². The minimum absolute atomic E-state index is 0.0776. The predicted molar refractivity (Wildman–Crippen MR) is 114 cm³/mol. The van der Waals surface area contributed by atoms with E-state index in [1.54, 1.807) is 36.4 Å². The highest BCUT2D eigenvalue weighted by atomic mass is 35.5. The topological polar surface area (TPSA) is 63.5 Å². The Bertz CT molecular complexity index is 1150. The number of hydrogen-bond acceptors (Lipinski definition) is 3. The number of carbonyl (C=O) groups is 1. The number of nitro benzene ring substituents is 1. The summed E-state index contributed by atoms with van der Waals surface area (Å²) in [4.78, 5) is 25.5. The highest BCUT2D eigenvalue weighted by Gasteiger charge is 2.31. The molecule has 0 fully saturated rings. The molecule has 0 aliphatic carbocycles. The van der Waals surface area contributed by atoms with Gasteiger partial charge in [-0.15, -0.1) is 0 Å². The van der Waals surface area contributed by atoms with Crippen LogP contribution in [0, 0.1) is 10.1 Å². The van der Waals surface area contributed by atoms with Crippen molar-refractivity contribution in [3.8, 4) is 0 Å². The lowest BCUT2D eigenvalue weighted by Crippen LogP contribution is -2.25. The highest BCUT2D eigenvalue weighted by Crippen LogP contribution is 2.36. The molecule has 0 saturated carbocycles. The molecular formula is C23H15ClN2O3. The van der Waals surface area contributed by atoms with Gasteiger partial charge in [0.25, 0.3) is 11.6 Å². The van der Waals surface area contributed by atoms with E-state index in [0.29, 0.717) is 22.0 Å². The molecule has 1 aliphatic heterocycles. The molecule has 0 bridgehead atoms. The van der Waals surface area contributed by atoms with Crippen molar-refractivity contribution in [2.75, 3.05) is 4.90 Å². The zero-order chi connectivity index (χ0) is 20.4. The molecule has 3 aromatic rings. The standard InChI is InChI=1S/C23H15ClN2O3/c24-19-11-9-17(10-12-19)22-14-18(13-16-5-2-1-3-6-16)23(27)25(22)20-7-4-8-21(15-20)26(28)29/h1-15H/b18-13+. The first-order valence-corrected chi connectivity index (χ1v) is 9.24. The molecule has 1 heterocycles. The molecule has 0 saturated heterocycles. The molecule has 0 radical (unpaired) electrons. The Morgan fingerprint density at radius 2 is 1.66 bits per heavy atom. The number of hydrogen-bond donors (Lipinski definition) is 0. The van der Waals surface area contributed by atoms with E-state index in [0.717, 1.165) is 11.1 Å². The first kappa shape index (κ1) is 18.7. The number of non-ortho nitro benzene ring substituents is 1. The number of carbonyl (C=O) groups excluding carboxylic acids is 1. The monoisotopic (exact) mass is 402 g/mol. The van der Waals surface area contributed by atoms with Crippen molar-refractivity contribution in [3.63, 3.8) is 0 Å². The Labute approximate surface area is 172 Å². The second-order valence-electron chi connectivity index (χ2n) is 6.46. The number of rotatable bonds is 4. The second kappa shape index (κ2) is 7.73. The summed E-state index contributed by atoms with van der Waals surface area (Å²) >= 11 is 6.01. The van der Waals surface area contributed by atoms with E-state index in [1.807, 2.05) is 42.5 Å². The van der Waals surface area contributed by atoms with Gasteiger partial charge >= 0.3 is 0 Å². The maximum absolute atomic E-state index is 13.3. The zero-order valence-electron chi connectivity index (χ0n) is 15.2. The van der Waals surface area contributed by atoms with Crippen LogP contribution in [0.5, 0.6) is 0 Å². The summed E-state index contributed by atoms with van der Waals surface area (Å²) in [7, 11) is 0. The van der Waals surface area contributed by atoms with Gasteiger partial charge < -0.3 is 0 Å². The van der Waals surface area contributed by atoms with Crippen LogP contribution in [-0.2, 0) is 4.79 Å². The number of nitro groups is 1. The maximum atomic E-state index is 13.3. The summed E-state index contributed by atoms with van der Waals surface area (Å²) in [5, 5.41) is 11.8. The van der Waals surface area contributed by atoms with Crippen molar-refractivity contribution in [2.45, 2.75) is 0 Å². The first-order chi connectivity index (χ1) is 14.0. The van der Waals surface area contributed by atoms with E-state index in [4.69, 9.17) is 11.6 Å². The van der Waals surface area contributed by atoms with Crippen molar-refractivity contribution in [1.82, 2.24) is 0 Å². The fourth-order valence-corrected chi connectivity index (χ4v) is 3.31. The Kier molecular flexibility index (Phi) is 4.97. The summed E-state index contributed by atoms with van der Waals surface area (Å²) in [5.74, 6) is -0.251. The Balaban J connectivity index is 1.84. The van der Waals surface area contributed by atoms with E-state index in [9.17, 15) is 14.9 Å². The van der Waals surface area contributed by atoms with Gasteiger partial charge in [-0.2, -0.15) is 0 Å². The Morgan fingerprint density at radius 1 is 0.931 bits per heavy atom. The third kappa shape index (κ3) is 3.81. The van der Waals surface area contributed by atoms with E-state index in [-0.39, 0.29) is 11.6 Å². The van der Waals surface area contributed by atoms with Crippen molar-refractivity contribution >= 4 is 40.7 Å². The van der Waals surface area contributed by atoms with Gasteiger partial charge in [-0.3, -0.25) is 19.8 Å². The molecule has 5 nitrogen and oxygen atoms in total. The van der Waals surface area contributed by atoms with Crippen LogP contribution in [0.3, 0.4) is 0 Å². The van der Waals surface area contributed by atoms with Crippen molar-refractivity contribution in [3.05, 3.63) is 117 Å². The smallest absolute Gasteiger partial charge is 0.271 e. The molecule has 1 amide bonds. The molecule has 0 spiro atoms. The average Bonchev–Trinajstić information content (AvgIpc) is 3.05. The quantitative estimate of drug-likeness (QED) is 0.318. The molecule has 0 N–H and O–H groups in total. The van der Waals surface area contributed by atoms with Gasteiger partial charge in [0.2, 0.25) is 0 Å². The van der Waals surface area contributed by atoms with Crippen LogP contribution in [-0.4, -0.2) is 10.8 Å². The summed E-state index contributed by atoms with van der Waals surface area (Å²) in [6.07, 6.45) is 3.59. The third-order valence-corrected chi connectivity index (χ3v) is 4.80. The molecule has 29 heavy (non-hydrogen) atoms. The Morgan fingerprint density at radius 3 is 2.34 bits per heavy atom. The van der Waals surface area contributed by atoms with E-state index in [1.165, 1.54) is 17.0 Å². The fraction of sp³-hybridized carbons (Fsp3) is 0. The van der Waals surface area contributed by atoms with Crippen LogP contribution in [0.2, 0.25) is 5.02 Å². The number of halogens is 1. The molecule has 0 unspecified atom stereocenters. The molecule has 0 atom stereocenters. The van der Waals surface area contributed by atoms with Crippen LogP contribution in [0.4, 0.5) is 11.4 Å². The van der Waals surface area contributed by atoms with E-state index < -0.39 is 4.92 Å². The van der Waals surface area contributed by atoms with Gasteiger partial charge in [0, 0.05) is 22.7 Å². The number of anilines is 1. The van der Waals surface area contributed by atoms with E-state index in [2.05, 4.69) is 0 Å². The molecule has 0 aromatic heterocycles. The normalized spacial score (nSPS) is 14.9. The van der Waals surface area contributed by atoms with Gasteiger partial charge in [-0.1, -0.05) is 60.1 Å². The summed E-state index contributed by atoms with van der Waals surface area (Å²) in [6.45, 7) is 0. The number of amides is 1. The minimum Gasteiger partial charge on any atom is -0.276 e. The predicted octanol–water partition coefficient (Wildman–Crippen LogP) is 5.72. The van der Waals surface area contributed by atoms with Crippen molar-refractivity contribution in [1.29, 1.82) is 0 Å². The molecule has 4 rings (SSSR count). The summed E-state index contributed by atoms with van der Waals surface area (Å²) in [5.41, 5.74) is 3.16. The lowest BCUT2D eigenvalue weighted by atomic mass is 10.1. The van der Waals surface area contributed by atoms with Crippen LogP contribution in [0.25, 0.3) is 11.8 Å². The van der Waals surface area contributed by atoms with Crippen LogP contribution >= 0.6 is 11.6 Å². The number of benzene rings is 3. The van der Waals surface area contributed by atoms with Crippen LogP contribution in [0.15, 0.2) is 90.5 Å². The molecule has 1 aliphatic rings. The zero-order valence-corrected chi connectivity index (χ0v) is 15.9. The first-order valence-electron chi connectivity index (χ1n) is 8.86. The van der Waals surface area contributed by atoms with Gasteiger partial charge in [-0.05, 0) is 41.5 Å². The fourth-order valence-electron chi connectivity index (χ4n) is 3.18. The van der Waals surface area contributed by atoms with E-state index >= 15 is 0 Å². The minimum atomic E-state index is -0.476. The summed E-state index contributed by atoms with van der Waals surface area (Å²) in [6, 6.07) is 22.7. The lowest BCUT2D eigenvalue weighted by molar-refractivity contribution is -0.384. The van der Waals surface area contributed by atoms with Gasteiger partial charge in [0.05, 0.1) is 16.3 Å². The average molecular weight is 403 g/mol. The largest absolute Gasteiger partial charge is 0.276 e. The molecule has 142 valence electrons.